The van der Waals surface area contributed by atoms with Crippen LogP contribution in [0.5, 0.6) is 0 Å². The highest BCUT2D eigenvalue weighted by atomic mass is 16.5. The smallest absolute Gasteiger partial charge is 0.259 e. The largest absolute Gasteiger partial charge is 0.367 e. The number of nitrogens with one attached hydrogen (secondary N) is 1. The summed E-state index contributed by atoms with van der Waals surface area (Å²) >= 11 is 0. The van der Waals surface area contributed by atoms with E-state index in [9.17, 15) is 4.79 Å². The standard InChI is InChI=1S/C27H34N4O2/c1-20(2)22-11-9-21(10-12-22)19-30-17-14-24(15-18-30)31-25(13-16-28-31)29-27(32)26(33-3)23-7-5-4-6-8-23/h4-13,16,20,24,26H,14-15,17-19H2,1-3H3,(H,29,32). The van der Waals surface area contributed by atoms with Gasteiger partial charge in [0, 0.05) is 32.8 Å². The van der Waals surface area contributed by atoms with Crippen molar-refractivity contribution in [2.24, 2.45) is 0 Å². The molecule has 0 saturated carbocycles. The fraction of sp³-hybridized carbons (Fsp3) is 0.407. The van der Waals surface area contributed by atoms with Crippen LogP contribution >= 0.6 is 0 Å². The second-order valence-corrected chi connectivity index (χ2v) is 9.08. The molecular formula is C27H34N4O2. The van der Waals surface area contributed by atoms with Crippen LogP contribution in [0.4, 0.5) is 5.82 Å². The van der Waals surface area contributed by atoms with Gasteiger partial charge in [-0.2, -0.15) is 5.10 Å². The number of likely N-dealkylation sites (tertiary alicyclic amines) is 1. The normalized spacial score (nSPS) is 16.1. The first-order valence-electron chi connectivity index (χ1n) is 11.8. The van der Waals surface area contributed by atoms with Crippen LogP contribution in [0.3, 0.4) is 0 Å². The first kappa shape index (κ1) is 23.2. The number of carbonyl (C=O) groups is 1. The van der Waals surface area contributed by atoms with Crippen LogP contribution in [0.15, 0.2) is 66.9 Å². The Kier molecular flexibility index (Phi) is 7.57. The maximum absolute atomic E-state index is 12.9. The van der Waals surface area contributed by atoms with Crippen LogP contribution in [0.2, 0.25) is 0 Å². The molecule has 1 N–H and O–H groups in total. The van der Waals surface area contributed by atoms with E-state index in [-0.39, 0.29) is 11.9 Å². The van der Waals surface area contributed by atoms with Gasteiger partial charge < -0.3 is 10.1 Å². The van der Waals surface area contributed by atoms with Crippen molar-refractivity contribution in [3.63, 3.8) is 0 Å². The molecule has 2 aromatic carbocycles. The van der Waals surface area contributed by atoms with Gasteiger partial charge in [-0.3, -0.25) is 9.69 Å². The summed E-state index contributed by atoms with van der Waals surface area (Å²) in [4.78, 5) is 15.4. The maximum Gasteiger partial charge on any atom is 0.259 e. The summed E-state index contributed by atoms with van der Waals surface area (Å²) in [7, 11) is 1.56. The number of aromatic nitrogens is 2. The van der Waals surface area contributed by atoms with Crippen LogP contribution in [0.1, 0.15) is 61.4 Å². The molecule has 0 bridgehead atoms. The van der Waals surface area contributed by atoms with Gasteiger partial charge in [-0.25, -0.2) is 4.68 Å². The first-order valence-corrected chi connectivity index (χ1v) is 11.8. The lowest BCUT2D eigenvalue weighted by molar-refractivity contribution is -0.126. The van der Waals surface area contributed by atoms with Gasteiger partial charge in [0.1, 0.15) is 5.82 Å². The SMILES string of the molecule is COC(C(=O)Nc1ccnn1C1CCN(Cc2ccc(C(C)C)cc2)CC1)c1ccccc1. The highest BCUT2D eigenvalue weighted by Gasteiger charge is 2.25. The Morgan fingerprint density at radius 2 is 1.73 bits per heavy atom. The first-order chi connectivity index (χ1) is 16.0. The summed E-state index contributed by atoms with van der Waals surface area (Å²) in [5, 5.41) is 7.55. The lowest BCUT2D eigenvalue weighted by atomic mass is 10.0. The molecule has 1 unspecified atom stereocenters. The minimum absolute atomic E-state index is 0.187. The molecule has 4 rings (SSSR count). The number of methoxy groups -OCH3 is 1. The molecule has 1 aromatic heterocycles. The van der Waals surface area contributed by atoms with Gasteiger partial charge in [-0.1, -0.05) is 68.4 Å². The second-order valence-electron chi connectivity index (χ2n) is 9.08. The van der Waals surface area contributed by atoms with Crippen molar-refractivity contribution in [3.05, 3.63) is 83.6 Å². The average Bonchev–Trinajstić information content (AvgIpc) is 3.29. The highest BCUT2D eigenvalue weighted by Crippen LogP contribution is 2.27. The third kappa shape index (κ3) is 5.70. The van der Waals surface area contributed by atoms with Crippen molar-refractivity contribution >= 4 is 11.7 Å². The third-order valence-electron chi connectivity index (χ3n) is 6.45. The van der Waals surface area contributed by atoms with Crippen molar-refractivity contribution in [1.29, 1.82) is 0 Å². The van der Waals surface area contributed by atoms with E-state index < -0.39 is 6.10 Å². The zero-order valence-electron chi connectivity index (χ0n) is 19.8. The van der Waals surface area contributed by atoms with Crippen LogP contribution in [-0.4, -0.2) is 40.8 Å². The van der Waals surface area contributed by atoms with Crippen molar-refractivity contribution in [2.75, 3.05) is 25.5 Å². The predicted molar refractivity (Wildman–Crippen MR) is 131 cm³/mol. The summed E-state index contributed by atoms with van der Waals surface area (Å²) in [6, 6.07) is 20.7. The number of benzene rings is 2. The average molecular weight is 447 g/mol. The van der Waals surface area contributed by atoms with Crippen LogP contribution in [0.25, 0.3) is 0 Å². The number of nitrogens with zero attached hydrogens (tertiary/aromatic N) is 3. The van der Waals surface area contributed by atoms with Gasteiger partial charge in [0.2, 0.25) is 0 Å². The van der Waals surface area contributed by atoms with Crippen molar-refractivity contribution in [1.82, 2.24) is 14.7 Å². The Hall–Kier alpha value is -2.96. The van der Waals surface area contributed by atoms with E-state index in [1.807, 2.05) is 41.1 Å². The number of anilines is 1. The molecule has 0 radical (unpaired) electrons. The molecule has 3 aromatic rings. The minimum atomic E-state index is -0.654. The number of ether oxygens (including phenoxy) is 1. The monoisotopic (exact) mass is 446 g/mol. The molecule has 1 fully saturated rings. The molecule has 1 aliphatic heterocycles. The summed E-state index contributed by atoms with van der Waals surface area (Å²) in [5.74, 6) is 1.10. The van der Waals surface area contributed by atoms with Gasteiger partial charge >= 0.3 is 0 Å². The number of rotatable bonds is 8. The van der Waals surface area contributed by atoms with E-state index in [0.717, 1.165) is 43.9 Å². The fourth-order valence-corrected chi connectivity index (χ4v) is 4.51. The van der Waals surface area contributed by atoms with E-state index >= 15 is 0 Å². The molecule has 1 aliphatic rings. The van der Waals surface area contributed by atoms with Crippen LogP contribution in [-0.2, 0) is 16.1 Å². The third-order valence-corrected chi connectivity index (χ3v) is 6.45. The molecule has 33 heavy (non-hydrogen) atoms. The molecule has 1 saturated heterocycles. The minimum Gasteiger partial charge on any atom is -0.367 e. The van der Waals surface area contributed by atoms with Gasteiger partial charge in [0.25, 0.3) is 5.91 Å². The number of piperidine rings is 1. The zero-order valence-corrected chi connectivity index (χ0v) is 19.8. The van der Waals surface area contributed by atoms with Crippen molar-refractivity contribution in [3.8, 4) is 0 Å². The van der Waals surface area contributed by atoms with E-state index in [1.165, 1.54) is 11.1 Å². The Morgan fingerprint density at radius 1 is 1.03 bits per heavy atom. The summed E-state index contributed by atoms with van der Waals surface area (Å²) in [6.45, 7) is 7.44. The Bertz CT molecular complexity index is 1020. The lowest BCUT2D eigenvalue weighted by Gasteiger charge is -2.32. The Balaban J connectivity index is 1.34. The molecular weight excluding hydrogens is 412 g/mol. The van der Waals surface area contributed by atoms with Crippen molar-refractivity contribution in [2.45, 2.75) is 51.3 Å². The lowest BCUT2D eigenvalue weighted by Crippen LogP contribution is -2.35. The van der Waals surface area contributed by atoms with E-state index in [0.29, 0.717) is 5.92 Å². The van der Waals surface area contributed by atoms with Gasteiger partial charge in [-0.05, 0) is 35.4 Å². The predicted octanol–water partition coefficient (Wildman–Crippen LogP) is 5.17. The van der Waals surface area contributed by atoms with Crippen LogP contribution < -0.4 is 5.32 Å². The Morgan fingerprint density at radius 3 is 2.36 bits per heavy atom. The van der Waals surface area contributed by atoms with Crippen molar-refractivity contribution < 1.29 is 9.53 Å². The molecule has 0 aliphatic carbocycles. The molecule has 6 nitrogen and oxygen atoms in total. The van der Waals surface area contributed by atoms with E-state index in [1.54, 1.807) is 13.3 Å². The maximum atomic E-state index is 12.9. The number of hydrogen-bond acceptors (Lipinski definition) is 4. The fourth-order valence-electron chi connectivity index (χ4n) is 4.51. The highest BCUT2D eigenvalue weighted by molar-refractivity contribution is 5.94. The molecule has 6 heteroatoms. The molecule has 2 heterocycles. The Labute approximate surface area is 196 Å². The number of hydrogen-bond donors (Lipinski definition) is 1. The quantitative estimate of drug-likeness (QED) is 0.519. The summed E-state index contributed by atoms with van der Waals surface area (Å²) in [6.07, 6.45) is 3.10. The summed E-state index contributed by atoms with van der Waals surface area (Å²) in [5.41, 5.74) is 3.57. The number of amides is 1. The van der Waals surface area contributed by atoms with Gasteiger partial charge in [-0.15, -0.1) is 0 Å². The van der Waals surface area contributed by atoms with Gasteiger partial charge in [0.05, 0.1) is 12.2 Å². The topological polar surface area (TPSA) is 59.4 Å². The molecule has 174 valence electrons. The number of carbonyl (C=O) groups excluding carboxylic acids is 1. The molecule has 1 amide bonds. The van der Waals surface area contributed by atoms with Crippen LogP contribution in [0, 0.1) is 0 Å². The van der Waals surface area contributed by atoms with Gasteiger partial charge in [0.15, 0.2) is 6.10 Å². The second kappa shape index (κ2) is 10.8. The van der Waals surface area contributed by atoms with E-state index in [2.05, 4.69) is 53.4 Å². The molecule has 1 atom stereocenters. The zero-order chi connectivity index (χ0) is 23.2. The summed E-state index contributed by atoms with van der Waals surface area (Å²) < 4.78 is 7.44. The molecule has 0 spiro atoms. The van der Waals surface area contributed by atoms with E-state index in [4.69, 9.17) is 4.74 Å².